The first-order chi connectivity index (χ1) is 16.9. The van der Waals surface area contributed by atoms with Gasteiger partial charge in [-0.15, -0.1) is 0 Å². The molecule has 190 valence electrons. The fraction of sp³-hybridized carbons (Fsp3) is 0.552. The van der Waals surface area contributed by atoms with Crippen LogP contribution in [0.2, 0.25) is 0 Å². The van der Waals surface area contributed by atoms with Gasteiger partial charge in [-0.25, -0.2) is 0 Å². The Morgan fingerprint density at radius 3 is 2.86 bits per heavy atom. The van der Waals surface area contributed by atoms with Crippen LogP contribution in [0.1, 0.15) is 61.5 Å². The zero-order chi connectivity index (χ0) is 24.8. The molecule has 2 unspecified atom stereocenters. The highest BCUT2D eigenvalue weighted by Crippen LogP contribution is 2.30. The minimum atomic E-state index is -0.483. The number of carbonyl (C=O) groups is 1. The maximum atomic E-state index is 13.7. The number of aryl methyl sites for hydroxylation is 1. The van der Waals surface area contributed by atoms with Crippen molar-refractivity contribution in [2.24, 2.45) is 5.92 Å². The van der Waals surface area contributed by atoms with Gasteiger partial charge in [0.05, 0.1) is 19.8 Å². The van der Waals surface area contributed by atoms with Crippen molar-refractivity contribution < 1.29 is 19.4 Å². The summed E-state index contributed by atoms with van der Waals surface area (Å²) >= 11 is 0. The van der Waals surface area contributed by atoms with Gasteiger partial charge in [-0.1, -0.05) is 56.7 Å². The van der Waals surface area contributed by atoms with Crippen LogP contribution >= 0.6 is 0 Å². The topological polar surface area (TPSA) is 62.2 Å². The van der Waals surface area contributed by atoms with Gasteiger partial charge in [0.2, 0.25) is 0 Å². The number of benzene rings is 2. The largest absolute Gasteiger partial charge is 0.496 e. The van der Waals surface area contributed by atoms with Crippen LogP contribution in [0.5, 0.6) is 5.75 Å². The minimum absolute atomic E-state index is 0.0407. The number of amides is 1. The molecule has 2 aliphatic rings. The number of hydrogen-bond donors (Lipinski definition) is 1. The van der Waals surface area contributed by atoms with Gasteiger partial charge in [0.1, 0.15) is 11.9 Å². The van der Waals surface area contributed by atoms with Crippen molar-refractivity contribution in [1.82, 2.24) is 9.80 Å². The summed E-state index contributed by atoms with van der Waals surface area (Å²) < 4.78 is 11.5. The Balaban J connectivity index is 1.46. The zero-order valence-electron chi connectivity index (χ0n) is 21.4. The summed E-state index contributed by atoms with van der Waals surface area (Å²) in [5.41, 5.74) is 4.46. The van der Waals surface area contributed by atoms with Crippen LogP contribution in [0.25, 0.3) is 0 Å². The molecule has 1 aliphatic carbocycles. The molecule has 2 aromatic carbocycles. The lowest BCUT2D eigenvalue weighted by Crippen LogP contribution is -2.51. The molecule has 1 N–H and O–H groups in total. The smallest absolute Gasteiger partial charge is 0.253 e. The van der Waals surface area contributed by atoms with Crippen molar-refractivity contribution in [3.05, 3.63) is 64.7 Å². The highest BCUT2D eigenvalue weighted by atomic mass is 16.5. The van der Waals surface area contributed by atoms with Crippen LogP contribution in [0.15, 0.2) is 42.5 Å². The van der Waals surface area contributed by atoms with Crippen LogP contribution in [0, 0.1) is 5.92 Å². The van der Waals surface area contributed by atoms with Crippen molar-refractivity contribution >= 4 is 5.91 Å². The van der Waals surface area contributed by atoms with Crippen LogP contribution in [0.3, 0.4) is 0 Å². The lowest BCUT2D eigenvalue weighted by molar-refractivity contribution is -0.151. The fourth-order valence-corrected chi connectivity index (χ4v) is 5.26. The molecular formula is C29H40N2O4. The Hall–Kier alpha value is -2.41. The summed E-state index contributed by atoms with van der Waals surface area (Å²) in [4.78, 5) is 17.9. The third kappa shape index (κ3) is 6.63. The molecule has 0 spiro atoms. The number of aliphatic hydroxyl groups excluding tert-OH is 1. The molecule has 1 saturated heterocycles. The molecule has 0 bridgehead atoms. The molecule has 0 saturated carbocycles. The maximum Gasteiger partial charge on any atom is 0.253 e. The molecule has 1 fully saturated rings. The predicted octanol–water partition coefficient (Wildman–Crippen LogP) is 4.34. The van der Waals surface area contributed by atoms with Crippen LogP contribution in [0.4, 0.5) is 0 Å². The molecule has 1 amide bonds. The highest BCUT2D eigenvalue weighted by Gasteiger charge is 2.31. The number of hydrogen-bond acceptors (Lipinski definition) is 5. The van der Waals surface area contributed by atoms with Crippen molar-refractivity contribution in [3.63, 3.8) is 0 Å². The number of para-hydroxylation sites is 1. The standard InChI is InChI=1S/C29H40N2O4/c1-21(2)17-31(18-22-12-13-23-8-4-6-10-26(32)25(23)16-22)29(33)28-20-30(14-15-35-28)19-24-9-5-7-11-27(24)34-3/h5,7,9,11-13,16,21,26,28,32H,4,6,8,10,14-15,17-20H2,1-3H3. The maximum absolute atomic E-state index is 13.7. The van der Waals surface area contributed by atoms with E-state index >= 15 is 0 Å². The third-order valence-electron chi connectivity index (χ3n) is 7.03. The molecule has 0 radical (unpaired) electrons. The molecular weight excluding hydrogens is 440 g/mol. The summed E-state index contributed by atoms with van der Waals surface area (Å²) in [5, 5.41) is 10.6. The van der Waals surface area contributed by atoms with E-state index in [4.69, 9.17) is 9.47 Å². The zero-order valence-corrected chi connectivity index (χ0v) is 21.4. The second-order valence-electron chi connectivity index (χ2n) is 10.3. The van der Waals surface area contributed by atoms with Gasteiger partial charge in [0.15, 0.2) is 0 Å². The number of fused-ring (bicyclic) bond motifs is 1. The number of carbonyl (C=O) groups excluding carboxylic acids is 1. The molecule has 1 aliphatic heterocycles. The number of methoxy groups -OCH3 is 1. The van der Waals surface area contributed by atoms with Gasteiger partial charge in [0, 0.05) is 38.3 Å². The van der Waals surface area contributed by atoms with E-state index in [0.717, 1.165) is 61.2 Å². The van der Waals surface area contributed by atoms with E-state index in [9.17, 15) is 9.90 Å². The van der Waals surface area contributed by atoms with Crippen LogP contribution in [-0.4, -0.2) is 60.3 Å². The lowest BCUT2D eigenvalue weighted by atomic mass is 9.98. The van der Waals surface area contributed by atoms with Gasteiger partial charge in [0.25, 0.3) is 5.91 Å². The fourth-order valence-electron chi connectivity index (χ4n) is 5.26. The summed E-state index contributed by atoms with van der Waals surface area (Å²) in [6.07, 6.45) is 3.09. The molecule has 6 nitrogen and oxygen atoms in total. The first-order valence-corrected chi connectivity index (χ1v) is 13.0. The molecule has 35 heavy (non-hydrogen) atoms. The molecule has 6 heteroatoms. The Bertz CT molecular complexity index is 992. The summed E-state index contributed by atoms with van der Waals surface area (Å²) in [5.74, 6) is 1.26. The monoisotopic (exact) mass is 480 g/mol. The Morgan fingerprint density at radius 1 is 1.23 bits per heavy atom. The Kier molecular flexibility index (Phi) is 8.82. The lowest BCUT2D eigenvalue weighted by Gasteiger charge is -2.36. The van der Waals surface area contributed by atoms with Crippen molar-refractivity contribution in [3.8, 4) is 5.75 Å². The van der Waals surface area contributed by atoms with Gasteiger partial charge in [-0.05, 0) is 47.9 Å². The van der Waals surface area contributed by atoms with E-state index in [0.29, 0.717) is 32.2 Å². The van der Waals surface area contributed by atoms with E-state index in [1.165, 1.54) is 5.56 Å². The second kappa shape index (κ2) is 12.0. The van der Waals surface area contributed by atoms with Gasteiger partial charge in [-0.2, -0.15) is 0 Å². The Morgan fingerprint density at radius 2 is 2.06 bits per heavy atom. The predicted molar refractivity (Wildman–Crippen MR) is 137 cm³/mol. The van der Waals surface area contributed by atoms with E-state index in [1.54, 1.807) is 7.11 Å². The van der Waals surface area contributed by atoms with Crippen molar-refractivity contribution in [2.75, 3.05) is 33.4 Å². The third-order valence-corrected chi connectivity index (χ3v) is 7.03. The molecule has 2 aromatic rings. The van der Waals surface area contributed by atoms with E-state index in [1.807, 2.05) is 23.1 Å². The first-order valence-electron chi connectivity index (χ1n) is 13.0. The van der Waals surface area contributed by atoms with Gasteiger partial charge in [-0.3, -0.25) is 9.69 Å². The Labute approximate surface area is 209 Å². The average Bonchev–Trinajstić information content (AvgIpc) is 3.04. The molecule has 0 aromatic heterocycles. The van der Waals surface area contributed by atoms with E-state index in [-0.39, 0.29) is 5.91 Å². The first kappa shape index (κ1) is 25.7. The van der Waals surface area contributed by atoms with Gasteiger partial charge < -0.3 is 19.5 Å². The quantitative estimate of drug-likeness (QED) is 0.570. The van der Waals surface area contributed by atoms with E-state index in [2.05, 4.69) is 43.0 Å². The number of rotatable bonds is 8. The summed E-state index contributed by atoms with van der Waals surface area (Å²) in [6, 6.07) is 14.4. The number of ether oxygens (including phenoxy) is 2. The SMILES string of the molecule is COc1ccccc1CN1CCOC(C(=O)N(Cc2ccc3c(c2)C(O)CCCC3)CC(C)C)C1. The molecule has 2 atom stereocenters. The van der Waals surface area contributed by atoms with Gasteiger partial charge >= 0.3 is 0 Å². The van der Waals surface area contributed by atoms with Crippen molar-refractivity contribution in [1.29, 1.82) is 0 Å². The number of morpholine rings is 1. The van der Waals surface area contributed by atoms with E-state index < -0.39 is 12.2 Å². The van der Waals surface area contributed by atoms with Crippen LogP contribution < -0.4 is 4.74 Å². The second-order valence-corrected chi connectivity index (χ2v) is 10.3. The number of aliphatic hydroxyl groups is 1. The van der Waals surface area contributed by atoms with Crippen molar-refractivity contribution in [2.45, 2.75) is 64.8 Å². The molecule has 4 rings (SSSR count). The number of nitrogens with zero attached hydrogens (tertiary/aromatic N) is 2. The van der Waals surface area contributed by atoms with Crippen LogP contribution in [-0.2, 0) is 29.0 Å². The molecule has 1 heterocycles. The summed E-state index contributed by atoms with van der Waals surface area (Å²) in [6.45, 7) is 8.08. The minimum Gasteiger partial charge on any atom is -0.496 e. The average molecular weight is 481 g/mol. The summed E-state index contributed by atoms with van der Waals surface area (Å²) in [7, 11) is 1.69. The highest BCUT2D eigenvalue weighted by molar-refractivity contribution is 5.81. The normalized spacial score (nSPS) is 20.8.